The number of hydrogen-bond donors (Lipinski definition) is 1. The predicted molar refractivity (Wildman–Crippen MR) is 130 cm³/mol. The number of hydrogen-bond acceptors (Lipinski definition) is 3. The van der Waals surface area contributed by atoms with Crippen molar-refractivity contribution >= 4 is 46.6 Å². The molecule has 3 rings (SSSR count). The Bertz CT molecular complexity index is 1100. The minimum atomic E-state index is -0.494. The summed E-state index contributed by atoms with van der Waals surface area (Å²) in [5.74, 6) is -0.156. The van der Waals surface area contributed by atoms with Crippen LogP contribution in [-0.4, -0.2) is 18.0 Å². The Morgan fingerprint density at radius 3 is 2.68 bits per heavy atom. The average Bonchev–Trinajstić information content (AvgIpc) is 2.69. The van der Waals surface area contributed by atoms with Gasteiger partial charge in [-0.15, -0.1) is 0 Å². The van der Waals surface area contributed by atoms with E-state index in [1.165, 1.54) is 5.56 Å². The Kier molecular flexibility index (Phi) is 6.69. The highest BCUT2D eigenvalue weighted by molar-refractivity contribution is 6.32. The van der Waals surface area contributed by atoms with Crippen molar-refractivity contribution < 1.29 is 4.79 Å². The minimum Gasteiger partial charge on any atom is -0.366 e. The summed E-state index contributed by atoms with van der Waals surface area (Å²) >= 11 is 12.6. The van der Waals surface area contributed by atoms with Crippen molar-refractivity contribution in [1.82, 2.24) is 0 Å². The molecule has 4 nitrogen and oxygen atoms in total. The molecule has 0 fully saturated rings. The van der Waals surface area contributed by atoms with Crippen molar-refractivity contribution in [1.29, 1.82) is 5.26 Å². The molecule has 0 saturated heterocycles. The second-order valence-electron chi connectivity index (χ2n) is 8.68. The Morgan fingerprint density at radius 1 is 1.32 bits per heavy atom. The lowest BCUT2D eigenvalue weighted by Gasteiger charge is -2.47. The molecular weight excluding hydrogens is 429 g/mol. The van der Waals surface area contributed by atoms with E-state index in [4.69, 9.17) is 23.2 Å². The quantitative estimate of drug-likeness (QED) is 0.400. The summed E-state index contributed by atoms with van der Waals surface area (Å²) in [6, 6.07) is 11.2. The van der Waals surface area contributed by atoms with Crippen molar-refractivity contribution in [3.05, 3.63) is 62.6 Å². The number of benzene rings is 2. The van der Waals surface area contributed by atoms with Crippen LogP contribution in [-0.2, 0) is 4.79 Å². The van der Waals surface area contributed by atoms with Crippen LogP contribution in [0.4, 0.5) is 11.4 Å². The van der Waals surface area contributed by atoms with Gasteiger partial charge in [-0.05, 0) is 87.1 Å². The molecule has 6 heteroatoms. The number of nitriles is 1. The lowest BCUT2D eigenvalue weighted by Crippen LogP contribution is -2.48. The van der Waals surface area contributed by atoms with Gasteiger partial charge < -0.3 is 10.2 Å². The van der Waals surface area contributed by atoms with Gasteiger partial charge in [-0.3, -0.25) is 4.79 Å². The first-order chi connectivity index (χ1) is 14.6. The molecule has 1 atom stereocenters. The Hall–Kier alpha value is -2.48. The van der Waals surface area contributed by atoms with Crippen molar-refractivity contribution in [2.45, 2.75) is 52.5 Å². The zero-order valence-corrected chi connectivity index (χ0v) is 20.0. The van der Waals surface area contributed by atoms with E-state index < -0.39 is 5.91 Å². The van der Waals surface area contributed by atoms with Crippen LogP contribution in [0.15, 0.2) is 35.9 Å². The van der Waals surface area contributed by atoms with Crippen LogP contribution >= 0.6 is 23.2 Å². The molecule has 0 aromatic heterocycles. The maximum absolute atomic E-state index is 12.8. The first kappa shape index (κ1) is 23.2. The summed E-state index contributed by atoms with van der Waals surface area (Å²) < 4.78 is 0. The summed E-state index contributed by atoms with van der Waals surface area (Å²) in [7, 11) is 0. The molecule has 1 aliphatic rings. The van der Waals surface area contributed by atoms with Crippen molar-refractivity contribution in [3.63, 3.8) is 0 Å². The minimum absolute atomic E-state index is 0.0163. The smallest absolute Gasteiger partial charge is 0.266 e. The SMILES string of the molecule is CCN1c2cc(Cl)c(/C=C(\C#N)C(=O)Nc3cc(Cl)ccc3C)cc2C(C)CC1(C)C. The molecule has 0 bridgehead atoms. The second-order valence-corrected chi connectivity index (χ2v) is 9.52. The van der Waals surface area contributed by atoms with Crippen molar-refractivity contribution in [2.24, 2.45) is 0 Å². The summed E-state index contributed by atoms with van der Waals surface area (Å²) in [6.45, 7) is 11.6. The Morgan fingerprint density at radius 2 is 2.03 bits per heavy atom. The molecule has 2 aromatic carbocycles. The fraction of sp³-hybridized carbons (Fsp3) is 0.360. The number of nitrogens with zero attached hydrogens (tertiary/aromatic N) is 2. The monoisotopic (exact) mass is 455 g/mol. The maximum atomic E-state index is 12.8. The van der Waals surface area contributed by atoms with Gasteiger partial charge in [0.15, 0.2) is 0 Å². The summed E-state index contributed by atoms with van der Waals surface area (Å²) in [5, 5.41) is 13.4. The van der Waals surface area contributed by atoms with Crippen LogP contribution < -0.4 is 10.2 Å². The first-order valence-corrected chi connectivity index (χ1v) is 11.1. The highest BCUT2D eigenvalue weighted by atomic mass is 35.5. The normalized spacial score (nSPS) is 17.7. The summed E-state index contributed by atoms with van der Waals surface area (Å²) in [4.78, 5) is 15.1. The molecule has 0 radical (unpaired) electrons. The molecule has 162 valence electrons. The number of carbonyl (C=O) groups is 1. The Balaban J connectivity index is 1.98. The number of halogens is 2. The predicted octanol–water partition coefficient (Wildman–Crippen LogP) is 6.96. The van der Waals surface area contributed by atoms with E-state index >= 15 is 0 Å². The van der Waals surface area contributed by atoms with Gasteiger partial charge in [0.05, 0.1) is 0 Å². The van der Waals surface area contributed by atoms with E-state index in [0.717, 1.165) is 24.2 Å². The topological polar surface area (TPSA) is 56.1 Å². The zero-order valence-electron chi connectivity index (χ0n) is 18.5. The van der Waals surface area contributed by atoms with Gasteiger partial charge in [0.1, 0.15) is 11.6 Å². The Labute approximate surface area is 194 Å². The molecule has 1 aliphatic heterocycles. The number of amides is 1. The van der Waals surface area contributed by atoms with Crippen LogP contribution in [0.1, 0.15) is 56.7 Å². The second kappa shape index (κ2) is 8.94. The highest BCUT2D eigenvalue weighted by Gasteiger charge is 2.35. The number of rotatable bonds is 4. The van der Waals surface area contributed by atoms with Gasteiger partial charge >= 0.3 is 0 Å². The number of carbonyl (C=O) groups excluding carboxylic acids is 1. The van der Waals surface area contributed by atoms with Gasteiger partial charge in [-0.2, -0.15) is 5.26 Å². The summed E-state index contributed by atoms with van der Waals surface area (Å²) in [5.41, 5.74) is 4.41. The van der Waals surface area contributed by atoms with Gasteiger partial charge in [-0.25, -0.2) is 0 Å². The maximum Gasteiger partial charge on any atom is 0.266 e. The van der Waals surface area contributed by atoms with E-state index in [1.807, 2.05) is 31.2 Å². The molecular formula is C25H27Cl2N3O. The molecule has 1 amide bonds. The van der Waals surface area contributed by atoms with Gasteiger partial charge in [0.2, 0.25) is 0 Å². The third-order valence-corrected chi connectivity index (χ3v) is 6.50. The highest BCUT2D eigenvalue weighted by Crippen LogP contribution is 2.45. The zero-order chi connectivity index (χ0) is 22.9. The molecule has 1 heterocycles. The largest absolute Gasteiger partial charge is 0.366 e. The van der Waals surface area contributed by atoms with Crippen LogP contribution in [0.3, 0.4) is 0 Å². The molecule has 0 saturated carbocycles. The summed E-state index contributed by atoms with van der Waals surface area (Å²) in [6.07, 6.45) is 2.57. The molecule has 31 heavy (non-hydrogen) atoms. The van der Waals surface area contributed by atoms with Gasteiger partial charge in [0, 0.05) is 33.5 Å². The fourth-order valence-electron chi connectivity index (χ4n) is 4.45. The standard InChI is InChI=1S/C25H27Cl2N3O/c1-6-30-23-12-21(27)17(10-20(23)16(3)13-25(30,4)5)9-18(14-28)24(31)29-22-11-19(26)8-7-15(22)2/h7-12,16H,6,13H2,1-5H3,(H,29,31)/b18-9+. The van der Waals surface area contributed by atoms with Crippen LogP contribution in [0.5, 0.6) is 0 Å². The van der Waals surface area contributed by atoms with E-state index in [2.05, 4.69) is 37.9 Å². The fourth-order valence-corrected chi connectivity index (χ4v) is 4.84. The first-order valence-electron chi connectivity index (χ1n) is 10.4. The molecule has 0 aliphatic carbocycles. The van der Waals surface area contributed by atoms with E-state index in [1.54, 1.807) is 18.2 Å². The van der Waals surface area contributed by atoms with Crippen LogP contribution in [0.25, 0.3) is 6.08 Å². The van der Waals surface area contributed by atoms with E-state index in [0.29, 0.717) is 27.2 Å². The number of anilines is 2. The number of fused-ring (bicyclic) bond motifs is 1. The third-order valence-electron chi connectivity index (χ3n) is 5.93. The molecule has 0 spiro atoms. The van der Waals surface area contributed by atoms with Crippen LogP contribution in [0.2, 0.25) is 10.0 Å². The number of nitrogens with one attached hydrogen (secondary N) is 1. The van der Waals surface area contributed by atoms with Crippen molar-refractivity contribution in [2.75, 3.05) is 16.8 Å². The van der Waals surface area contributed by atoms with Crippen molar-refractivity contribution in [3.8, 4) is 6.07 Å². The molecule has 1 N–H and O–H groups in total. The number of aryl methyl sites for hydroxylation is 1. The van der Waals surface area contributed by atoms with Crippen LogP contribution in [0, 0.1) is 18.3 Å². The van der Waals surface area contributed by atoms with Gasteiger partial charge in [0.25, 0.3) is 5.91 Å². The molecule has 1 unspecified atom stereocenters. The molecule has 2 aromatic rings. The van der Waals surface area contributed by atoms with Gasteiger partial charge in [-0.1, -0.05) is 36.2 Å². The van der Waals surface area contributed by atoms with E-state index in [-0.39, 0.29) is 11.1 Å². The third kappa shape index (κ3) is 4.74. The average molecular weight is 456 g/mol. The lowest BCUT2D eigenvalue weighted by molar-refractivity contribution is -0.112. The van der Waals surface area contributed by atoms with E-state index in [9.17, 15) is 10.1 Å². The lowest BCUT2D eigenvalue weighted by atomic mass is 9.79.